The van der Waals surface area contributed by atoms with Crippen LogP contribution in [0, 0.1) is 22.7 Å². The number of aliphatic hydroxyl groups is 2. The first-order chi connectivity index (χ1) is 14.7. The van der Waals surface area contributed by atoms with Gasteiger partial charge in [0, 0.05) is 37.2 Å². The van der Waals surface area contributed by atoms with Crippen molar-refractivity contribution in [2.24, 2.45) is 22.7 Å². The second kappa shape index (κ2) is 6.78. The molecule has 3 aliphatic carbocycles. The summed E-state index contributed by atoms with van der Waals surface area (Å²) in [5, 5.41) is 24.1. The fourth-order valence-corrected chi connectivity index (χ4v) is 6.61. The summed E-state index contributed by atoms with van der Waals surface area (Å²) in [7, 11) is 0. The van der Waals surface area contributed by atoms with Crippen molar-refractivity contribution in [2.45, 2.75) is 71.4 Å². The summed E-state index contributed by atoms with van der Waals surface area (Å²) in [4.78, 5) is 37.9. The lowest BCUT2D eigenvalue weighted by Crippen LogP contribution is -2.79. The summed E-state index contributed by atoms with van der Waals surface area (Å²) < 4.78 is 17.0. The van der Waals surface area contributed by atoms with E-state index in [0.29, 0.717) is 11.3 Å². The van der Waals surface area contributed by atoms with Gasteiger partial charge >= 0.3 is 11.9 Å². The van der Waals surface area contributed by atoms with E-state index in [4.69, 9.17) is 13.9 Å². The van der Waals surface area contributed by atoms with Crippen molar-refractivity contribution in [1.29, 1.82) is 0 Å². The predicted octanol–water partition coefficient (Wildman–Crippen LogP) is 2.06. The van der Waals surface area contributed by atoms with Crippen molar-refractivity contribution < 1.29 is 38.5 Å². The summed E-state index contributed by atoms with van der Waals surface area (Å²) in [6.07, 6.45) is 2.15. The maximum Gasteiger partial charge on any atom is 0.303 e. The van der Waals surface area contributed by atoms with Gasteiger partial charge in [0.25, 0.3) is 0 Å². The molecule has 1 aromatic heterocycles. The van der Waals surface area contributed by atoms with Gasteiger partial charge in [-0.05, 0) is 31.9 Å². The molecule has 1 fully saturated rings. The Morgan fingerprint density at radius 1 is 1.09 bits per heavy atom. The summed E-state index contributed by atoms with van der Waals surface area (Å²) in [6, 6.07) is 1.65. The minimum absolute atomic E-state index is 0.238. The molecule has 7 atom stereocenters. The molecule has 8 nitrogen and oxygen atoms in total. The number of esters is 2. The molecule has 4 rings (SSSR count). The summed E-state index contributed by atoms with van der Waals surface area (Å²) >= 11 is 0. The van der Waals surface area contributed by atoms with Gasteiger partial charge in [0.15, 0.2) is 11.9 Å². The zero-order valence-electron chi connectivity index (χ0n) is 19.2. The first-order valence-corrected chi connectivity index (χ1v) is 10.8. The van der Waals surface area contributed by atoms with Gasteiger partial charge in [0.05, 0.1) is 17.3 Å². The zero-order valence-corrected chi connectivity index (χ0v) is 19.2. The van der Waals surface area contributed by atoms with Gasteiger partial charge < -0.3 is 24.1 Å². The monoisotopic (exact) mass is 446 g/mol. The van der Waals surface area contributed by atoms with Crippen LogP contribution < -0.4 is 0 Å². The maximum atomic E-state index is 13.5. The van der Waals surface area contributed by atoms with E-state index in [1.807, 2.05) is 0 Å². The maximum absolute atomic E-state index is 13.5. The van der Waals surface area contributed by atoms with Crippen LogP contribution in [0.3, 0.4) is 0 Å². The Bertz CT molecular complexity index is 1020. The Morgan fingerprint density at radius 3 is 2.31 bits per heavy atom. The van der Waals surface area contributed by atoms with Gasteiger partial charge in [-0.15, -0.1) is 0 Å². The van der Waals surface area contributed by atoms with E-state index < -0.39 is 58.0 Å². The first kappa shape index (κ1) is 22.7. The van der Waals surface area contributed by atoms with Crippen LogP contribution in [0.5, 0.6) is 0 Å². The first-order valence-electron chi connectivity index (χ1n) is 10.8. The van der Waals surface area contributed by atoms with Crippen LogP contribution in [0.25, 0.3) is 0 Å². The van der Waals surface area contributed by atoms with Crippen molar-refractivity contribution in [3.05, 3.63) is 35.8 Å². The van der Waals surface area contributed by atoms with Crippen LogP contribution in [0.2, 0.25) is 0 Å². The minimum Gasteiger partial charge on any atom is -0.469 e. The minimum atomic E-state index is -1.93. The van der Waals surface area contributed by atoms with Crippen molar-refractivity contribution in [1.82, 2.24) is 0 Å². The molecule has 0 unspecified atom stereocenters. The fourth-order valence-electron chi connectivity index (χ4n) is 6.61. The van der Waals surface area contributed by atoms with Crippen molar-refractivity contribution in [3.63, 3.8) is 0 Å². The standard InChI is InChI=1S/C24H30O8/c1-12(25)31-19-18-15(11-16-14(8-10-30-16)23(18,6)28)22(5)17(27)7-9-21(3,4)24(22,29)20(19)32-13(2)26/h7-10,15,18-20,28-29H,11H2,1-6H3/t15-,18-,19+,20-,22-,23+,24+/m0/s1. The van der Waals surface area contributed by atoms with Gasteiger partial charge in [-0.3, -0.25) is 14.4 Å². The van der Waals surface area contributed by atoms with E-state index >= 15 is 0 Å². The molecule has 32 heavy (non-hydrogen) atoms. The number of furan rings is 1. The molecular weight excluding hydrogens is 416 g/mol. The highest BCUT2D eigenvalue weighted by molar-refractivity contribution is 5.98. The van der Waals surface area contributed by atoms with Crippen molar-refractivity contribution >= 4 is 17.7 Å². The number of rotatable bonds is 2. The molecular formula is C24H30O8. The molecule has 1 heterocycles. The van der Waals surface area contributed by atoms with E-state index in [9.17, 15) is 24.6 Å². The third-order valence-corrected chi connectivity index (χ3v) is 8.12. The molecule has 8 heteroatoms. The highest BCUT2D eigenvalue weighted by Gasteiger charge is 2.77. The number of hydrogen-bond donors (Lipinski definition) is 2. The average Bonchev–Trinajstić information content (AvgIpc) is 3.15. The largest absolute Gasteiger partial charge is 0.469 e. The summed E-state index contributed by atoms with van der Waals surface area (Å²) in [5.41, 5.74) is -5.50. The predicted molar refractivity (Wildman–Crippen MR) is 111 cm³/mol. The lowest BCUT2D eigenvalue weighted by atomic mass is 9.40. The average molecular weight is 446 g/mol. The summed E-state index contributed by atoms with van der Waals surface area (Å²) in [6.45, 7) is 9.11. The van der Waals surface area contributed by atoms with Crippen LogP contribution in [0.1, 0.15) is 52.9 Å². The Kier molecular flexibility index (Phi) is 4.81. The van der Waals surface area contributed by atoms with E-state index in [2.05, 4.69) is 0 Å². The van der Waals surface area contributed by atoms with Crippen molar-refractivity contribution in [3.8, 4) is 0 Å². The Hall–Kier alpha value is -2.45. The molecule has 2 N–H and O–H groups in total. The third kappa shape index (κ3) is 2.65. The molecule has 1 saturated carbocycles. The van der Waals surface area contributed by atoms with E-state index in [-0.39, 0.29) is 12.2 Å². The Morgan fingerprint density at radius 2 is 1.72 bits per heavy atom. The highest BCUT2D eigenvalue weighted by Crippen LogP contribution is 2.66. The van der Waals surface area contributed by atoms with Crippen LogP contribution in [0.4, 0.5) is 0 Å². The number of hydrogen-bond acceptors (Lipinski definition) is 8. The van der Waals surface area contributed by atoms with Gasteiger partial charge in [-0.25, -0.2) is 0 Å². The topological polar surface area (TPSA) is 123 Å². The molecule has 174 valence electrons. The molecule has 1 aromatic rings. The number of ketones is 1. The second-order valence-electron chi connectivity index (χ2n) is 10.2. The third-order valence-electron chi connectivity index (χ3n) is 8.12. The number of ether oxygens (including phenoxy) is 2. The van der Waals surface area contributed by atoms with Gasteiger partial charge in [0.2, 0.25) is 0 Å². The van der Waals surface area contributed by atoms with Crippen LogP contribution in [0.15, 0.2) is 28.9 Å². The zero-order chi connectivity index (χ0) is 23.9. The van der Waals surface area contributed by atoms with E-state index in [0.717, 1.165) is 0 Å². The van der Waals surface area contributed by atoms with E-state index in [1.165, 1.54) is 26.2 Å². The quantitative estimate of drug-likeness (QED) is 0.662. The molecule has 0 bridgehead atoms. The molecule has 0 amide bonds. The Labute approximate surface area is 186 Å². The smallest absolute Gasteiger partial charge is 0.303 e. The van der Waals surface area contributed by atoms with Crippen LogP contribution >= 0.6 is 0 Å². The van der Waals surface area contributed by atoms with Crippen LogP contribution in [-0.4, -0.2) is 45.7 Å². The lowest BCUT2D eigenvalue weighted by Gasteiger charge is -2.67. The molecule has 0 saturated heterocycles. The molecule has 0 aromatic carbocycles. The van der Waals surface area contributed by atoms with E-state index in [1.54, 1.807) is 39.8 Å². The summed E-state index contributed by atoms with van der Waals surface area (Å²) in [5.74, 6) is -2.71. The number of carbonyl (C=O) groups is 3. The van der Waals surface area contributed by atoms with Gasteiger partial charge in [-0.2, -0.15) is 0 Å². The van der Waals surface area contributed by atoms with Gasteiger partial charge in [0.1, 0.15) is 17.5 Å². The van der Waals surface area contributed by atoms with Crippen molar-refractivity contribution in [2.75, 3.05) is 0 Å². The number of carbonyl (C=O) groups excluding carboxylic acids is 3. The Balaban J connectivity index is 2.06. The molecule has 3 aliphatic rings. The number of allylic oxidation sites excluding steroid dienone is 1. The molecule has 0 aliphatic heterocycles. The van der Waals surface area contributed by atoms with Gasteiger partial charge in [-0.1, -0.05) is 19.9 Å². The molecule has 0 spiro atoms. The number of fused-ring (bicyclic) bond motifs is 4. The lowest BCUT2D eigenvalue weighted by molar-refractivity contribution is -0.305. The molecule has 0 radical (unpaired) electrons. The highest BCUT2D eigenvalue weighted by atomic mass is 16.6. The SMILES string of the molecule is CC(=O)O[C@@H]1[C@@H]2[C@H](Cc3occc3[C@@]2(C)O)[C@@]2(C)C(=O)C=CC(C)(C)[C@]2(O)[C@H]1OC(C)=O. The van der Waals surface area contributed by atoms with Crippen LogP contribution in [-0.2, 0) is 35.9 Å². The fraction of sp³-hybridized carbons (Fsp3) is 0.625. The second-order valence-corrected chi connectivity index (χ2v) is 10.2. The normalized spacial score (nSPS) is 41.8.